The van der Waals surface area contributed by atoms with Crippen LogP contribution in [0.5, 0.6) is 0 Å². The van der Waals surface area contributed by atoms with Gasteiger partial charge in [-0.1, -0.05) is 0 Å². The van der Waals surface area contributed by atoms with E-state index in [-0.39, 0.29) is 13.1 Å². The summed E-state index contributed by atoms with van der Waals surface area (Å²) in [5, 5.41) is 31.9. The minimum absolute atomic E-state index is 0.00980. The average molecular weight is 305 g/mol. The first-order valence-electron chi connectivity index (χ1n) is 7.10. The van der Waals surface area contributed by atoms with E-state index in [1.54, 1.807) is 0 Å². The Labute approximate surface area is 124 Å². The molecule has 124 valence electrons. The van der Waals surface area contributed by atoms with Gasteiger partial charge in [0.1, 0.15) is 0 Å². The second-order valence-electron chi connectivity index (χ2n) is 4.42. The monoisotopic (exact) mass is 305 g/mol. The van der Waals surface area contributed by atoms with E-state index in [2.05, 4.69) is 26.6 Å². The predicted octanol–water partition coefficient (Wildman–Crippen LogP) is -2.55. The SMILES string of the molecule is O=C(O)CNCCCNCCNCCNCNCC(=O)O. The van der Waals surface area contributed by atoms with Crippen LogP contribution in [-0.2, 0) is 9.59 Å². The van der Waals surface area contributed by atoms with Crippen molar-refractivity contribution in [3.05, 3.63) is 0 Å². The zero-order valence-corrected chi connectivity index (χ0v) is 12.3. The van der Waals surface area contributed by atoms with Gasteiger partial charge < -0.3 is 31.5 Å². The summed E-state index contributed by atoms with van der Waals surface area (Å²) in [6.45, 7) is 5.30. The van der Waals surface area contributed by atoms with Gasteiger partial charge in [-0.25, -0.2) is 0 Å². The van der Waals surface area contributed by atoms with Crippen LogP contribution in [-0.4, -0.2) is 81.2 Å². The molecule has 21 heavy (non-hydrogen) atoms. The highest BCUT2D eigenvalue weighted by Crippen LogP contribution is 1.73. The molecule has 0 amide bonds. The number of rotatable bonds is 16. The van der Waals surface area contributed by atoms with Crippen LogP contribution >= 0.6 is 0 Å². The third-order valence-electron chi connectivity index (χ3n) is 2.47. The van der Waals surface area contributed by atoms with Gasteiger partial charge in [-0.05, 0) is 19.5 Å². The number of carboxylic acids is 2. The largest absolute Gasteiger partial charge is 0.480 e. The van der Waals surface area contributed by atoms with E-state index in [4.69, 9.17) is 10.2 Å². The van der Waals surface area contributed by atoms with Gasteiger partial charge in [-0.3, -0.25) is 14.9 Å². The highest BCUT2D eigenvalue weighted by molar-refractivity contribution is 5.69. The molecule has 0 spiro atoms. The third-order valence-corrected chi connectivity index (χ3v) is 2.47. The summed E-state index contributed by atoms with van der Waals surface area (Å²) in [4.78, 5) is 20.4. The molecular weight excluding hydrogens is 278 g/mol. The van der Waals surface area contributed by atoms with Gasteiger partial charge >= 0.3 is 11.9 Å². The van der Waals surface area contributed by atoms with E-state index < -0.39 is 11.9 Å². The molecule has 0 aromatic rings. The Morgan fingerprint density at radius 3 is 1.71 bits per heavy atom. The lowest BCUT2D eigenvalue weighted by molar-refractivity contribution is -0.137. The van der Waals surface area contributed by atoms with Gasteiger partial charge in [0.25, 0.3) is 0 Å². The number of hydrogen-bond acceptors (Lipinski definition) is 7. The second kappa shape index (κ2) is 15.1. The molecule has 0 saturated carbocycles. The smallest absolute Gasteiger partial charge is 0.317 e. The number of carboxylic acid groups (broad SMARTS) is 2. The molecule has 0 aromatic heterocycles. The molecule has 0 fully saturated rings. The van der Waals surface area contributed by atoms with Gasteiger partial charge in [0.2, 0.25) is 0 Å². The number of hydrogen-bond donors (Lipinski definition) is 7. The van der Waals surface area contributed by atoms with Crippen molar-refractivity contribution < 1.29 is 19.8 Å². The standard InChI is InChI=1S/C12H27N5O4/c18-11(19)8-15-3-1-2-13-4-5-14-6-7-16-10-17-9-12(20)21/h13-17H,1-10H2,(H,18,19)(H,20,21). The highest BCUT2D eigenvalue weighted by atomic mass is 16.4. The van der Waals surface area contributed by atoms with Crippen molar-refractivity contribution >= 4 is 11.9 Å². The Bertz CT molecular complexity index is 252. The van der Waals surface area contributed by atoms with Crippen molar-refractivity contribution in [2.24, 2.45) is 0 Å². The topological polar surface area (TPSA) is 135 Å². The Morgan fingerprint density at radius 1 is 0.619 bits per heavy atom. The highest BCUT2D eigenvalue weighted by Gasteiger charge is 1.95. The van der Waals surface area contributed by atoms with E-state index in [1.165, 1.54) is 0 Å². The molecule has 0 radical (unpaired) electrons. The zero-order chi connectivity index (χ0) is 15.8. The van der Waals surface area contributed by atoms with Crippen molar-refractivity contribution in [2.75, 3.05) is 59.0 Å². The van der Waals surface area contributed by atoms with E-state index in [9.17, 15) is 9.59 Å². The molecule has 9 heteroatoms. The first-order valence-corrected chi connectivity index (χ1v) is 7.10. The molecule has 7 N–H and O–H groups in total. The molecule has 0 aliphatic heterocycles. The minimum Gasteiger partial charge on any atom is -0.480 e. The van der Waals surface area contributed by atoms with Crippen LogP contribution in [0.1, 0.15) is 6.42 Å². The van der Waals surface area contributed by atoms with Crippen molar-refractivity contribution in [1.29, 1.82) is 0 Å². The molecular formula is C12H27N5O4. The molecule has 0 aliphatic rings. The lowest BCUT2D eigenvalue weighted by Crippen LogP contribution is -2.38. The van der Waals surface area contributed by atoms with Crippen LogP contribution in [0.4, 0.5) is 0 Å². The molecule has 0 aliphatic carbocycles. The van der Waals surface area contributed by atoms with Crippen molar-refractivity contribution in [3.63, 3.8) is 0 Å². The molecule has 9 nitrogen and oxygen atoms in total. The fourth-order valence-electron chi connectivity index (χ4n) is 1.48. The third kappa shape index (κ3) is 18.7. The van der Waals surface area contributed by atoms with E-state index in [0.717, 1.165) is 39.1 Å². The summed E-state index contributed by atoms with van der Waals surface area (Å²) in [5.74, 6) is -1.70. The van der Waals surface area contributed by atoms with Crippen LogP contribution in [0.3, 0.4) is 0 Å². The first kappa shape index (κ1) is 19.7. The van der Waals surface area contributed by atoms with Crippen molar-refractivity contribution in [2.45, 2.75) is 6.42 Å². The lowest BCUT2D eigenvalue weighted by Gasteiger charge is -2.08. The quantitative estimate of drug-likeness (QED) is 0.121. The Balaban J connectivity index is 2.99. The van der Waals surface area contributed by atoms with Gasteiger partial charge in [0.15, 0.2) is 0 Å². The Morgan fingerprint density at radius 2 is 1.10 bits per heavy atom. The summed E-state index contributed by atoms with van der Waals surface area (Å²) in [7, 11) is 0. The van der Waals surface area contributed by atoms with E-state index in [1.807, 2.05) is 0 Å². The maximum Gasteiger partial charge on any atom is 0.317 e. The fraction of sp³-hybridized carbons (Fsp3) is 0.833. The van der Waals surface area contributed by atoms with Crippen LogP contribution in [0.2, 0.25) is 0 Å². The van der Waals surface area contributed by atoms with Gasteiger partial charge in [-0.15, -0.1) is 0 Å². The minimum atomic E-state index is -0.862. The molecule has 0 atom stereocenters. The molecule has 0 saturated heterocycles. The number of nitrogens with one attached hydrogen (secondary N) is 5. The van der Waals surface area contributed by atoms with E-state index >= 15 is 0 Å². The van der Waals surface area contributed by atoms with Crippen LogP contribution in [0, 0.1) is 0 Å². The van der Waals surface area contributed by atoms with Crippen LogP contribution in [0.15, 0.2) is 0 Å². The van der Waals surface area contributed by atoms with Gasteiger partial charge in [0.05, 0.1) is 13.1 Å². The number of carbonyl (C=O) groups is 2. The Kier molecular flexibility index (Phi) is 14.2. The molecule has 0 rings (SSSR count). The maximum atomic E-state index is 10.2. The van der Waals surface area contributed by atoms with Crippen LogP contribution in [0.25, 0.3) is 0 Å². The molecule has 0 heterocycles. The molecule has 0 aromatic carbocycles. The maximum absolute atomic E-state index is 10.2. The predicted molar refractivity (Wildman–Crippen MR) is 79.4 cm³/mol. The summed E-state index contributed by atoms with van der Waals surface area (Å²) in [6, 6.07) is 0. The fourth-order valence-corrected chi connectivity index (χ4v) is 1.48. The summed E-state index contributed by atoms with van der Waals surface area (Å²) in [5.41, 5.74) is 0. The number of aliphatic carboxylic acids is 2. The molecule has 0 bridgehead atoms. The summed E-state index contributed by atoms with van der Waals surface area (Å²) in [6.07, 6.45) is 0.893. The van der Waals surface area contributed by atoms with Gasteiger partial charge in [-0.2, -0.15) is 0 Å². The summed E-state index contributed by atoms with van der Waals surface area (Å²) >= 11 is 0. The van der Waals surface area contributed by atoms with Crippen LogP contribution < -0.4 is 26.6 Å². The summed E-state index contributed by atoms with van der Waals surface area (Å²) < 4.78 is 0. The van der Waals surface area contributed by atoms with E-state index in [0.29, 0.717) is 13.2 Å². The molecule has 0 unspecified atom stereocenters. The average Bonchev–Trinajstić information content (AvgIpc) is 2.42. The van der Waals surface area contributed by atoms with Crippen molar-refractivity contribution in [1.82, 2.24) is 26.6 Å². The normalized spacial score (nSPS) is 10.7. The lowest BCUT2D eigenvalue weighted by atomic mass is 10.4. The first-order chi connectivity index (χ1) is 10.1. The second-order valence-corrected chi connectivity index (χ2v) is 4.42. The van der Waals surface area contributed by atoms with Gasteiger partial charge in [0, 0.05) is 32.8 Å². The Hall–Kier alpha value is -1.26. The zero-order valence-electron chi connectivity index (χ0n) is 12.3. The van der Waals surface area contributed by atoms with Crippen molar-refractivity contribution in [3.8, 4) is 0 Å².